The van der Waals surface area contributed by atoms with E-state index in [1.54, 1.807) is 49.4 Å². The number of carbonyl (C=O) groups is 1. The molecule has 0 aliphatic rings. The van der Waals surface area contributed by atoms with Crippen molar-refractivity contribution < 1.29 is 17.9 Å². The highest BCUT2D eigenvalue weighted by Crippen LogP contribution is 2.26. The number of urea groups is 1. The predicted octanol–water partition coefficient (Wildman–Crippen LogP) is 2.37. The van der Waals surface area contributed by atoms with Gasteiger partial charge in [-0.2, -0.15) is 15.0 Å². The molecule has 1 aromatic heterocycles. The summed E-state index contributed by atoms with van der Waals surface area (Å²) in [6.45, 7) is 1.58. The van der Waals surface area contributed by atoms with E-state index in [4.69, 9.17) is 4.74 Å². The van der Waals surface area contributed by atoms with Crippen LogP contribution in [0.2, 0.25) is 0 Å². The number of nitrogens with one attached hydrogen (secondary N) is 2. The molecule has 0 aliphatic heterocycles. The third-order valence-electron chi connectivity index (χ3n) is 3.62. The number of rotatable bonds is 5. The number of methoxy groups -OCH3 is 1. The molecular weight excluding hydrogens is 382 g/mol. The maximum atomic E-state index is 12.8. The molecular formula is C18H17N5O4S. The number of aromatic nitrogens is 3. The van der Waals surface area contributed by atoms with Gasteiger partial charge in [0.1, 0.15) is 5.82 Å². The lowest BCUT2D eigenvalue weighted by atomic mass is 10.1. The predicted molar refractivity (Wildman–Crippen MR) is 102 cm³/mol. The summed E-state index contributed by atoms with van der Waals surface area (Å²) in [5.74, 6) is 0.174. The van der Waals surface area contributed by atoms with E-state index in [-0.39, 0.29) is 16.9 Å². The Hall–Kier alpha value is -3.53. The zero-order valence-electron chi connectivity index (χ0n) is 15.1. The smallest absolute Gasteiger partial charge is 0.335 e. The maximum Gasteiger partial charge on any atom is 0.335 e. The molecule has 2 aromatic carbocycles. The highest BCUT2D eigenvalue weighted by Gasteiger charge is 2.22. The van der Waals surface area contributed by atoms with Crippen LogP contribution >= 0.6 is 0 Å². The number of hydrogen-bond donors (Lipinski definition) is 2. The number of nitrogens with zero attached hydrogens (tertiary/aromatic N) is 3. The highest BCUT2D eigenvalue weighted by molar-refractivity contribution is 7.90. The van der Waals surface area contributed by atoms with Crippen LogP contribution in [0.5, 0.6) is 6.01 Å². The Labute approximate surface area is 161 Å². The van der Waals surface area contributed by atoms with Gasteiger partial charge in [-0.3, -0.25) is 5.32 Å². The molecule has 9 nitrogen and oxygen atoms in total. The molecule has 0 aliphatic carbocycles. The first-order valence-electron chi connectivity index (χ1n) is 8.14. The van der Waals surface area contributed by atoms with Gasteiger partial charge in [0.25, 0.3) is 10.0 Å². The average Bonchev–Trinajstić information content (AvgIpc) is 2.67. The Kier molecular flexibility index (Phi) is 5.50. The van der Waals surface area contributed by atoms with Crippen LogP contribution < -0.4 is 14.8 Å². The summed E-state index contributed by atoms with van der Waals surface area (Å²) in [6, 6.07) is 14.4. The first-order valence-corrected chi connectivity index (χ1v) is 9.62. The number of hydrogen-bond acceptors (Lipinski definition) is 7. The lowest BCUT2D eigenvalue weighted by Crippen LogP contribution is -2.35. The summed E-state index contributed by atoms with van der Waals surface area (Å²) in [6.07, 6.45) is 0. The standard InChI is InChI=1S/C18H17N5O4S/c1-12-19-16(22-18(20-12)27-2)21-17(24)23-28(25,26)15-11-7-6-10-14(15)13-8-4-3-5-9-13/h3-11H,1-2H3,(H2,19,20,21,22,23,24). The van der Waals surface area contributed by atoms with E-state index >= 15 is 0 Å². The number of ether oxygens (including phenoxy) is 1. The van der Waals surface area contributed by atoms with Crippen LogP contribution in [0, 0.1) is 6.92 Å². The number of anilines is 1. The molecule has 0 saturated carbocycles. The Morgan fingerprint density at radius 3 is 2.36 bits per heavy atom. The SMILES string of the molecule is COc1nc(C)nc(NC(=O)NS(=O)(=O)c2ccccc2-c2ccccc2)n1. The number of sulfonamides is 1. The normalized spacial score (nSPS) is 10.9. The second-order valence-electron chi connectivity index (χ2n) is 5.61. The summed E-state index contributed by atoms with van der Waals surface area (Å²) in [4.78, 5) is 23.9. The molecule has 0 radical (unpaired) electrons. The molecule has 0 saturated heterocycles. The second kappa shape index (κ2) is 8.01. The van der Waals surface area contributed by atoms with Crippen molar-refractivity contribution in [2.45, 2.75) is 11.8 Å². The van der Waals surface area contributed by atoms with E-state index in [2.05, 4.69) is 20.3 Å². The van der Waals surface area contributed by atoms with Gasteiger partial charge in [0.2, 0.25) is 5.95 Å². The van der Waals surface area contributed by atoms with Gasteiger partial charge in [-0.1, -0.05) is 48.5 Å². The molecule has 2 amide bonds. The van der Waals surface area contributed by atoms with Crippen molar-refractivity contribution in [2.75, 3.05) is 12.4 Å². The van der Waals surface area contributed by atoms with Crippen molar-refractivity contribution in [2.24, 2.45) is 0 Å². The van der Waals surface area contributed by atoms with Crippen molar-refractivity contribution >= 4 is 22.0 Å². The van der Waals surface area contributed by atoms with Crippen LogP contribution in [-0.2, 0) is 10.0 Å². The van der Waals surface area contributed by atoms with Crippen LogP contribution in [0.3, 0.4) is 0 Å². The average molecular weight is 399 g/mol. The Morgan fingerprint density at radius 2 is 1.64 bits per heavy atom. The monoisotopic (exact) mass is 399 g/mol. The fourth-order valence-electron chi connectivity index (χ4n) is 2.47. The van der Waals surface area contributed by atoms with Crippen molar-refractivity contribution in [3.63, 3.8) is 0 Å². The van der Waals surface area contributed by atoms with E-state index < -0.39 is 16.1 Å². The maximum absolute atomic E-state index is 12.8. The van der Waals surface area contributed by atoms with Crippen LogP contribution in [0.25, 0.3) is 11.1 Å². The first kappa shape index (κ1) is 19.2. The van der Waals surface area contributed by atoms with Gasteiger partial charge in [0.15, 0.2) is 0 Å². The summed E-state index contributed by atoms with van der Waals surface area (Å²) in [7, 11) is -2.78. The van der Waals surface area contributed by atoms with E-state index in [0.717, 1.165) is 0 Å². The fraction of sp³-hybridized carbons (Fsp3) is 0.111. The van der Waals surface area contributed by atoms with E-state index in [1.807, 2.05) is 10.8 Å². The van der Waals surface area contributed by atoms with Gasteiger partial charge in [-0.15, -0.1) is 0 Å². The van der Waals surface area contributed by atoms with E-state index in [1.165, 1.54) is 13.2 Å². The van der Waals surface area contributed by atoms with E-state index in [0.29, 0.717) is 17.0 Å². The molecule has 0 atom stereocenters. The summed E-state index contributed by atoms with van der Waals surface area (Å²) in [5, 5.41) is 2.27. The van der Waals surface area contributed by atoms with Crippen molar-refractivity contribution in [1.29, 1.82) is 0 Å². The molecule has 0 fully saturated rings. The van der Waals surface area contributed by atoms with Crippen molar-refractivity contribution in [3.05, 3.63) is 60.4 Å². The van der Waals surface area contributed by atoms with Crippen LogP contribution in [0.4, 0.5) is 10.7 Å². The number of carbonyl (C=O) groups excluding carboxylic acids is 1. The molecule has 2 N–H and O–H groups in total. The van der Waals surface area contributed by atoms with Crippen LogP contribution in [-0.4, -0.2) is 36.5 Å². The summed E-state index contributed by atoms with van der Waals surface area (Å²) >= 11 is 0. The minimum atomic E-state index is -4.15. The fourth-order valence-corrected chi connectivity index (χ4v) is 3.60. The van der Waals surface area contributed by atoms with Gasteiger partial charge in [0, 0.05) is 5.56 Å². The molecule has 3 rings (SSSR count). The number of benzene rings is 2. The molecule has 0 spiro atoms. The molecule has 3 aromatic rings. The lowest BCUT2D eigenvalue weighted by Gasteiger charge is -2.12. The minimum Gasteiger partial charge on any atom is -0.467 e. The van der Waals surface area contributed by atoms with Crippen LogP contribution in [0.15, 0.2) is 59.5 Å². The number of amides is 2. The molecule has 0 bridgehead atoms. The van der Waals surface area contributed by atoms with Gasteiger partial charge < -0.3 is 4.74 Å². The highest BCUT2D eigenvalue weighted by atomic mass is 32.2. The van der Waals surface area contributed by atoms with Crippen molar-refractivity contribution in [3.8, 4) is 17.1 Å². The van der Waals surface area contributed by atoms with Gasteiger partial charge in [-0.05, 0) is 18.6 Å². The molecule has 0 unspecified atom stereocenters. The minimum absolute atomic E-state index is 0.0000744. The van der Waals surface area contributed by atoms with Gasteiger partial charge >= 0.3 is 12.0 Å². The van der Waals surface area contributed by atoms with Crippen molar-refractivity contribution in [1.82, 2.24) is 19.7 Å². The Balaban J connectivity index is 1.85. The number of aryl methyl sites for hydroxylation is 1. The third kappa shape index (κ3) is 4.41. The third-order valence-corrected chi connectivity index (χ3v) is 5.01. The van der Waals surface area contributed by atoms with Gasteiger partial charge in [-0.25, -0.2) is 17.9 Å². The Morgan fingerprint density at radius 1 is 0.964 bits per heavy atom. The van der Waals surface area contributed by atoms with Crippen LogP contribution in [0.1, 0.15) is 5.82 Å². The largest absolute Gasteiger partial charge is 0.467 e. The molecule has 144 valence electrons. The molecule has 10 heteroatoms. The molecule has 28 heavy (non-hydrogen) atoms. The zero-order chi connectivity index (χ0) is 20.1. The topological polar surface area (TPSA) is 123 Å². The van der Waals surface area contributed by atoms with E-state index in [9.17, 15) is 13.2 Å². The summed E-state index contributed by atoms with van der Waals surface area (Å²) in [5.41, 5.74) is 1.18. The first-order chi connectivity index (χ1) is 13.4. The second-order valence-corrected chi connectivity index (χ2v) is 7.27. The quantitative estimate of drug-likeness (QED) is 0.675. The van der Waals surface area contributed by atoms with Gasteiger partial charge in [0.05, 0.1) is 12.0 Å². The lowest BCUT2D eigenvalue weighted by molar-refractivity contribution is 0.256. The summed E-state index contributed by atoms with van der Waals surface area (Å²) < 4.78 is 32.4. The molecule has 1 heterocycles. The Bertz CT molecular complexity index is 1100. The zero-order valence-corrected chi connectivity index (χ0v) is 15.9.